The van der Waals surface area contributed by atoms with E-state index in [1.807, 2.05) is 0 Å². The van der Waals surface area contributed by atoms with Crippen LogP contribution >= 0.6 is 0 Å². The lowest BCUT2D eigenvalue weighted by Crippen LogP contribution is -2.28. The fourth-order valence-electron chi connectivity index (χ4n) is 4.19. The summed E-state index contributed by atoms with van der Waals surface area (Å²) in [7, 11) is 0. The lowest BCUT2D eigenvalue weighted by Gasteiger charge is -2.23. The zero-order valence-electron chi connectivity index (χ0n) is 21.3. The summed E-state index contributed by atoms with van der Waals surface area (Å²) in [6.07, 6.45) is 13.9. The Kier molecular flexibility index (Phi) is 12.9. The molecule has 0 fully saturated rings. The number of hydrogen-bond acceptors (Lipinski definition) is 2. The molecular weight excluding hydrogens is 407 g/mol. The molecule has 0 heterocycles. The van der Waals surface area contributed by atoms with Crippen LogP contribution in [0.25, 0.3) is 0 Å². The highest BCUT2D eigenvalue weighted by Gasteiger charge is 2.28. The minimum absolute atomic E-state index is 1.09. The van der Waals surface area contributed by atoms with E-state index in [0.29, 0.717) is 0 Å². The molecule has 2 nitrogen and oxygen atoms in total. The van der Waals surface area contributed by atoms with Crippen molar-refractivity contribution in [3.05, 3.63) is 58.7 Å². The second-order valence-electron chi connectivity index (χ2n) is 9.03. The monoisotopic (exact) mass is 452 g/mol. The summed E-state index contributed by atoms with van der Waals surface area (Å²) in [5.41, 5.74) is 5.42. The van der Waals surface area contributed by atoms with Crippen molar-refractivity contribution >= 4 is 14.8 Å². The predicted octanol–water partition coefficient (Wildman–Crippen LogP) is 8.63. The lowest BCUT2D eigenvalue weighted by atomic mass is 10.0. The number of hydrogen-bond donors (Lipinski definition) is 0. The first-order chi connectivity index (χ1) is 15.6. The van der Waals surface area contributed by atoms with Crippen molar-refractivity contribution in [3.63, 3.8) is 0 Å². The van der Waals surface area contributed by atoms with E-state index in [-0.39, 0.29) is 0 Å². The molecule has 2 aromatic carbocycles. The summed E-state index contributed by atoms with van der Waals surface area (Å²) < 4.78 is 13.4. The number of benzene rings is 2. The molecule has 2 rings (SSSR count). The highest BCUT2D eigenvalue weighted by atomic mass is 27.2. The molecule has 0 atom stereocenters. The van der Waals surface area contributed by atoms with Crippen LogP contribution in [0, 0.1) is 0 Å². The zero-order valence-corrected chi connectivity index (χ0v) is 22.5. The van der Waals surface area contributed by atoms with Gasteiger partial charge in [0.15, 0.2) is 0 Å². The Hall–Kier alpha value is -1.43. The molecule has 0 aliphatic rings. The first-order valence-electron chi connectivity index (χ1n) is 13.2. The molecule has 2 aromatic rings. The van der Waals surface area contributed by atoms with Crippen LogP contribution < -0.4 is 7.58 Å². The Morgan fingerprint density at radius 2 is 0.812 bits per heavy atom. The van der Waals surface area contributed by atoms with Gasteiger partial charge in [0.1, 0.15) is 0 Å². The third-order valence-corrected chi connectivity index (χ3v) is 7.26. The fraction of sp³-hybridized carbons (Fsp3) is 0.586. The van der Waals surface area contributed by atoms with Crippen LogP contribution in [-0.2, 0) is 25.7 Å². The van der Waals surface area contributed by atoms with E-state index in [1.54, 1.807) is 0 Å². The molecule has 176 valence electrons. The SMILES string of the molecule is CCCCc1cccc(CCCC)c1[O][Al]([CH3])[O]c1c(CCCC)cccc1CCCC. The maximum Gasteiger partial charge on any atom is 0.853 e. The highest BCUT2D eigenvalue weighted by Crippen LogP contribution is 2.31. The van der Waals surface area contributed by atoms with Gasteiger partial charge in [-0.3, -0.25) is 0 Å². The number of para-hydroxylation sites is 2. The normalized spacial score (nSPS) is 10.9. The van der Waals surface area contributed by atoms with Crippen molar-refractivity contribution in [2.24, 2.45) is 0 Å². The van der Waals surface area contributed by atoms with Gasteiger partial charge in [0, 0.05) is 0 Å². The standard InChI is InChI=1S/2C14H22O.CH3.Al/c2*1-3-5-8-12-10-7-11-13(14(12)15)9-6-4-2;;/h2*7,10-11,15H,3-6,8-9H2,1-2H3;1H3;/q;;;+2/p-2. The van der Waals surface area contributed by atoms with Gasteiger partial charge in [-0.2, -0.15) is 0 Å². The molecule has 0 amide bonds. The minimum Gasteiger partial charge on any atom is -0.612 e. The van der Waals surface area contributed by atoms with Crippen molar-refractivity contribution in [2.75, 3.05) is 0 Å². The van der Waals surface area contributed by atoms with Crippen LogP contribution in [0.3, 0.4) is 0 Å². The van der Waals surface area contributed by atoms with Crippen LogP contribution in [0.2, 0.25) is 5.79 Å². The summed E-state index contributed by atoms with van der Waals surface area (Å²) in [6, 6.07) is 13.4. The average molecular weight is 453 g/mol. The molecule has 32 heavy (non-hydrogen) atoms. The van der Waals surface area contributed by atoms with Gasteiger partial charge in [0.25, 0.3) is 0 Å². The first kappa shape index (κ1) is 26.8. The average Bonchev–Trinajstić information content (AvgIpc) is 2.80. The van der Waals surface area contributed by atoms with Gasteiger partial charge < -0.3 is 7.58 Å². The van der Waals surface area contributed by atoms with Gasteiger partial charge in [-0.15, -0.1) is 0 Å². The fourth-order valence-corrected chi connectivity index (χ4v) is 5.51. The predicted molar refractivity (Wildman–Crippen MR) is 140 cm³/mol. The van der Waals surface area contributed by atoms with Gasteiger partial charge >= 0.3 is 14.8 Å². The molecule has 0 saturated carbocycles. The third-order valence-electron chi connectivity index (χ3n) is 6.12. The van der Waals surface area contributed by atoms with E-state index in [1.165, 1.54) is 73.6 Å². The van der Waals surface area contributed by atoms with Crippen molar-refractivity contribution in [2.45, 2.75) is 111 Å². The Balaban J connectivity index is 2.28. The second kappa shape index (κ2) is 15.4. The second-order valence-corrected chi connectivity index (χ2v) is 10.6. The summed E-state index contributed by atoms with van der Waals surface area (Å²) >= 11 is -1.90. The van der Waals surface area contributed by atoms with E-state index in [0.717, 1.165) is 37.2 Å². The van der Waals surface area contributed by atoms with Crippen molar-refractivity contribution in [1.29, 1.82) is 0 Å². The zero-order chi connectivity index (χ0) is 23.2. The third kappa shape index (κ3) is 8.49. The van der Waals surface area contributed by atoms with Gasteiger partial charge in [0.2, 0.25) is 0 Å². The Bertz CT molecular complexity index is 669. The van der Waals surface area contributed by atoms with Crippen LogP contribution in [0.15, 0.2) is 36.4 Å². The lowest BCUT2D eigenvalue weighted by molar-refractivity contribution is 0.418. The maximum atomic E-state index is 6.71. The molecule has 3 heteroatoms. The topological polar surface area (TPSA) is 18.5 Å². The van der Waals surface area contributed by atoms with Crippen molar-refractivity contribution < 1.29 is 7.58 Å². The van der Waals surface area contributed by atoms with E-state index >= 15 is 0 Å². The summed E-state index contributed by atoms with van der Waals surface area (Å²) in [6.45, 7) is 9.03. The smallest absolute Gasteiger partial charge is 0.612 e. The van der Waals surface area contributed by atoms with E-state index in [2.05, 4.69) is 69.9 Å². The maximum absolute atomic E-state index is 6.71. The van der Waals surface area contributed by atoms with Gasteiger partial charge in [0.05, 0.1) is 11.5 Å². The first-order valence-corrected chi connectivity index (χ1v) is 15.3. The summed E-state index contributed by atoms with van der Waals surface area (Å²) in [4.78, 5) is 0. The summed E-state index contributed by atoms with van der Waals surface area (Å²) in [5, 5.41) is 0. The number of unbranched alkanes of at least 4 members (excludes halogenated alkanes) is 4. The largest absolute Gasteiger partial charge is 0.853 e. The molecule has 0 spiro atoms. The van der Waals surface area contributed by atoms with E-state index in [9.17, 15) is 0 Å². The Morgan fingerprint density at radius 3 is 1.06 bits per heavy atom. The summed E-state index contributed by atoms with van der Waals surface area (Å²) in [5.74, 6) is 4.44. The molecule has 0 radical (unpaired) electrons. The Labute approximate surface area is 202 Å². The minimum atomic E-state index is -1.90. The molecular formula is C29H45AlO2. The molecule has 0 saturated heterocycles. The van der Waals surface area contributed by atoms with E-state index in [4.69, 9.17) is 7.58 Å². The highest BCUT2D eigenvalue weighted by molar-refractivity contribution is 6.44. The molecule has 0 aliphatic heterocycles. The van der Waals surface area contributed by atoms with Gasteiger partial charge in [-0.05, 0) is 79.4 Å². The van der Waals surface area contributed by atoms with Gasteiger partial charge in [-0.25, -0.2) is 0 Å². The van der Waals surface area contributed by atoms with Crippen LogP contribution in [-0.4, -0.2) is 14.8 Å². The van der Waals surface area contributed by atoms with Crippen LogP contribution in [0.5, 0.6) is 11.5 Å². The molecule has 0 aromatic heterocycles. The van der Waals surface area contributed by atoms with Gasteiger partial charge in [-0.1, -0.05) is 89.8 Å². The molecule has 0 N–H and O–H groups in total. The number of aryl methyl sites for hydroxylation is 4. The molecule has 0 aliphatic carbocycles. The molecule has 0 bridgehead atoms. The molecule has 0 unspecified atom stereocenters. The Morgan fingerprint density at radius 1 is 0.531 bits per heavy atom. The quantitative estimate of drug-likeness (QED) is 0.237. The van der Waals surface area contributed by atoms with Crippen LogP contribution in [0.4, 0.5) is 0 Å². The van der Waals surface area contributed by atoms with Crippen molar-refractivity contribution in [1.82, 2.24) is 0 Å². The van der Waals surface area contributed by atoms with Crippen LogP contribution in [0.1, 0.15) is 101 Å². The van der Waals surface area contributed by atoms with E-state index < -0.39 is 14.8 Å². The number of rotatable bonds is 16. The van der Waals surface area contributed by atoms with Crippen molar-refractivity contribution in [3.8, 4) is 11.5 Å².